The molecule has 0 aromatic heterocycles. The van der Waals surface area contributed by atoms with E-state index in [-0.39, 0.29) is 5.78 Å². The van der Waals surface area contributed by atoms with E-state index in [1.54, 1.807) is 0 Å². The average Bonchev–Trinajstić information content (AvgIpc) is 2.61. The van der Waals surface area contributed by atoms with Crippen LogP contribution < -0.4 is 4.74 Å². The van der Waals surface area contributed by atoms with Gasteiger partial charge in [-0.3, -0.25) is 9.69 Å². The van der Waals surface area contributed by atoms with Crippen molar-refractivity contribution < 1.29 is 9.53 Å². The van der Waals surface area contributed by atoms with Gasteiger partial charge in [0.1, 0.15) is 5.75 Å². The van der Waals surface area contributed by atoms with Crippen LogP contribution >= 0.6 is 0 Å². The highest BCUT2D eigenvalue weighted by Gasteiger charge is 2.21. The molecule has 3 nitrogen and oxygen atoms in total. The number of Topliss-reactive ketones (excluding diaryl/α,β-unsaturated/α-hetero) is 1. The van der Waals surface area contributed by atoms with E-state index in [0.29, 0.717) is 19.6 Å². The number of hydrogen-bond donors (Lipinski definition) is 0. The Morgan fingerprint density at radius 2 is 1.83 bits per heavy atom. The first-order chi connectivity index (χ1) is 11.8. The number of carbonyl (C=O) groups excluding carboxylic acids is 1. The lowest BCUT2D eigenvalue weighted by Gasteiger charge is -2.28. The summed E-state index contributed by atoms with van der Waals surface area (Å²) in [7, 11) is 0. The van der Waals surface area contributed by atoms with Crippen molar-refractivity contribution in [2.45, 2.75) is 19.9 Å². The second kappa shape index (κ2) is 7.93. The van der Waals surface area contributed by atoms with E-state index in [2.05, 4.69) is 29.2 Å². The monoisotopic (exact) mass is 321 g/mol. The highest BCUT2D eigenvalue weighted by molar-refractivity contribution is 6.01. The fourth-order valence-electron chi connectivity index (χ4n) is 3.01. The number of likely N-dealkylation sites (tertiary alicyclic amines) is 1. The van der Waals surface area contributed by atoms with E-state index in [9.17, 15) is 4.79 Å². The molecule has 1 saturated heterocycles. The van der Waals surface area contributed by atoms with Crippen LogP contribution in [0.25, 0.3) is 6.08 Å². The van der Waals surface area contributed by atoms with Crippen molar-refractivity contribution in [2.24, 2.45) is 0 Å². The van der Waals surface area contributed by atoms with Gasteiger partial charge in [-0.25, -0.2) is 0 Å². The molecule has 0 amide bonds. The average molecular weight is 321 g/mol. The zero-order valence-electron chi connectivity index (χ0n) is 14.1. The number of piperidine rings is 1. The highest BCUT2D eigenvalue weighted by Crippen LogP contribution is 2.24. The van der Waals surface area contributed by atoms with Gasteiger partial charge in [0.25, 0.3) is 0 Å². The Labute approximate surface area is 143 Å². The van der Waals surface area contributed by atoms with E-state index in [1.807, 2.05) is 43.3 Å². The van der Waals surface area contributed by atoms with Gasteiger partial charge in [0.05, 0.1) is 6.61 Å². The molecule has 0 unspecified atom stereocenters. The molecular formula is C21H23NO2. The van der Waals surface area contributed by atoms with Crippen molar-refractivity contribution in [2.75, 3.05) is 19.7 Å². The maximum absolute atomic E-state index is 12.3. The second-order valence-corrected chi connectivity index (χ2v) is 6.01. The topological polar surface area (TPSA) is 29.5 Å². The number of carbonyl (C=O) groups is 1. The number of nitrogens with zero attached hydrogens (tertiary/aromatic N) is 1. The first kappa shape index (κ1) is 16.5. The summed E-state index contributed by atoms with van der Waals surface area (Å²) in [6.07, 6.45) is 2.57. The number of hydrogen-bond acceptors (Lipinski definition) is 3. The fraction of sp³-hybridized carbons (Fsp3) is 0.286. The minimum absolute atomic E-state index is 0.241. The number of rotatable bonds is 5. The fourth-order valence-corrected chi connectivity index (χ4v) is 3.01. The van der Waals surface area contributed by atoms with Crippen LogP contribution in [0, 0.1) is 0 Å². The number of para-hydroxylation sites is 1. The van der Waals surface area contributed by atoms with E-state index in [0.717, 1.165) is 30.0 Å². The largest absolute Gasteiger partial charge is 0.493 e. The lowest BCUT2D eigenvalue weighted by atomic mass is 9.99. The summed E-state index contributed by atoms with van der Waals surface area (Å²) in [6, 6.07) is 18.3. The lowest BCUT2D eigenvalue weighted by molar-refractivity contribution is -0.117. The molecule has 0 spiro atoms. The lowest BCUT2D eigenvalue weighted by Crippen LogP contribution is -2.35. The molecule has 1 fully saturated rings. The van der Waals surface area contributed by atoms with Crippen LogP contribution in [0.2, 0.25) is 0 Å². The van der Waals surface area contributed by atoms with Gasteiger partial charge in [0.2, 0.25) is 0 Å². The van der Waals surface area contributed by atoms with Crippen LogP contribution in [0.4, 0.5) is 0 Å². The Kier molecular flexibility index (Phi) is 5.44. The molecule has 124 valence electrons. The number of ketones is 1. The molecule has 0 N–H and O–H groups in total. The Morgan fingerprint density at radius 1 is 1.08 bits per heavy atom. The van der Waals surface area contributed by atoms with Crippen molar-refractivity contribution in [3.05, 3.63) is 71.3 Å². The molecule has 1 heterocycles. The summed E-state index contributed by atoms with van der Waals surface area (Å²) in [4.78, 5) is 14.7. The normalized spacial score (nSPS) is 17.2. The minimum atomic E-state index is 0.241. The third-order valence-corrected chi connectivity index (χ3v) is 4.20. The molecule has 0 atom stereocenters. The van der Waals surface area contributed by atoms with Crippen molar-refractivity contribution in [3.63, 3.8) is 0 Å². The molecule has 0 aliphatic carbocycles. The first-order valence-electron chi connectivity index (χ1n) is 8.48. The molecule has 0 bridgehead atoms. The Balaban J connectivity index is 1.78. The molecule has 1 aliphatic rings. The summed E-state index contributed by atoms with van der Waals surface area (Å²) in [5.41, 5.74) is 3.12. The molecule has 1 aliphatic heterocycles. The molecule has 0 saturated carbocycles. The predicted octanol–water partition coefficient (Wildman–Crippen LogP) is 3.94. The standard InChI is InChI=1S/C21H23NO2/c1-2-24-21-11-7-6-10-18(21)14-19-16-22(13-12-20(19)23)15-17-8-4-3-5-9-17/h3-11,14H,2,12-13,15-16H2,1H3/b19-14+. The van der Waals surface area contributed by atoms with E-state index in [4.69, 9.17) is 4.74 Å². The van der Waals surface area contributed by atoms with E-state index in [1.165, 1.54) is 5.56 Å². The van der Waals surface area contributed by atoms with Crippen LogP contribution in [0.5, 0.6) is 5.75 Å². The van der Waals surface area contributed by atoms with Crippen LogP contribution in [0.1, 0.15) is 24.5 Å². The van der Waals surface area contributed by atoms with Gasteiger partial charge in [-0.2, -0.15) is 0 Å². The molecule has 0 radical (unpaired) electrons. The van der Waals surface area contributed by atoms with Gasteiger partial charge < -0.3 is 4.74 Å². The summed E-state index contributed by atoms with van der Waals surface area (Å²) in [5.74, 6) is 1.08. The van der Waals surface area contributed by atoms with Crippen LogP contribution in [0.3, 0.4) is 0 Å². The zero-order chi connectivity index (χ0) is 16.8. The van der Waals surface area contributed by atoms with Gasteiger partial charge >= 0.3 is 0 Å². The van der Waals surface area contributed by atoms with Gasteiger partial charge in [0.15, 0.2) is 5.78 Å². The Hall–Kier alpha value is -2.39. The van der Waals surface area contributed by atoms with Crippen molar-refractivity contribution >= 4 is 11.9 Å². The Bertz CT molecular complexity index is 722. The van der Waals surface area contributed by atoms with Crippen molar-refractivity contribution in [1.82, 2.24) is 4.90 Å². The minimum Gasteiger partial charge on any atom is -0.493 e. The quantitative estimate of drug-likeness (QED) is 0.781. The molecule has 2 aromatic carbocycles. The predicted molar refractivity (Wildman–Crippen MR) is 96.9 cm³/mol. The van der Waals surface area contributed by atoms with Crippen molar-refractivity contribution in [3.8, 4) is 5.75 Å². The third-order valence-electron chi connectivity index (χ3n) is 4.20. The smallest absolute Gasteiger partial charge is 0.161 e. The highest BCUT2D eigenvalue weighted by atomic mass is 16.5. The summed E-state index contributed by atoms with van der Waals surface area (Å²) < 4.78 is 5.67. The maximum Gasteiger partial charge on any atom is 0.161 e. The molecule has 3 heteroatoms. The molecule has 3 rings (SSSR count). The zero-order valence-corrected chi connectivity index (χ0v) is 14.1. The van der Waals surface area contributed by atoms with Gasteiger partial charge in [-0.15, -0.1) is 0 Å². The second-order valence-electron chi connectivity index (χ2n) is 6.01. The van der Waals surface area contributed by atoms with Gasteiger partial charge in [-0.1, -0.05) is 48.5 Å². The summed E-state index contributed by atoms with van der Waals surface area (Å²) in [5, 5.41) is 0. The number of ether oxygens (including phenoxy) is 1. The summed E-state index contributed by atoms with van der Waals surface area (Å²) >= 11 is 0. The van der Waals surface area contributed by atoms with Crippen LogP contribution in [-0.4, -0.2) is 30.4 Å². The van der Waals surface area contributed by atoms with E-state index >= 15 is 0 Å². The SMILES string of the molecule is CCOc1ccccc1/C=C1\CN(Cc2ccccc2)CCC1=O. The van der Waals surface area contributed by atoms with Crippen molar-refractivity contribution in [1.29, 1.82) is 0 Å². The van der Waals surface area contributed by atoms with E-state index < -0.39 is 0 Å². The van der Waals surface area contributed by atoms with Crippen LogP contribution in [-0.2, 0) is 11.3 Å². The number of benzene rings is 2. The third kappa shape index (κ3) is 4.12. The molecular weight excluding hydrogens is 298 g/mol. The summed E-state index contributed by atoms with van der Waals surface area (Å²) in [6.45, 7) is 4.97. The maximum atomic E-state index is 12.3. The Morgan fingerprint density at radius 3 is 2.62 bits per heavy atom. The van der Waals surface area contributed by atoms with Crippen LogP contribution in [0.15, 0.2) is 60.2 Å². The first-order valence-corrected chi connectivity index (χ1v) is 8.48. The molecule has 24 heavy (non-hydrogen) atoms. The van der Waals surface area contributed by atoms with Gasteiger partial charge in [0, 0.05) is 37.2 Å². The van der Waals surface area contributed by atoms with Gasteiger partial charge in [-0.05, 0) is 24.6 Å². The molecule has 2 aromatic rings.